The van der Waals surface area contributed by atoms with Gasteiger partial charge >= 0.3 is 0 Å². The summed E-state index contributed by atoms with van der Waals surface area (Å²) in [5.41, 5.74) is 1.33. The Kier molecular flexibility index (Phi) is 6.81. The van der Waals surface area contributed by atoms with Crippen molar-refractivity contribution in [3.63, 3.8) is 0 Å². The third-order valence-corrected chi connectivity index (χ3v) is 4.76. The van der Waals surface area contributed by atoms with Gasteiger partial charge in [0.2, 0.25) is 0 Å². The third kappa shape index (κ3) is 6.03. The molecule has 1 amide bonds. The summed E-state index contributed by atoms with van der Waals surface area (Å²) in [4.78, 5) is 21.4. The fourth-order valence-electron chi connectivity index (χ4n) is 3.47. The lowest BCUT2D eigenvalue weighted by Crippen LogP contribution is -2.43. The van der Waals surface area contributed by atoms with E-state index in [-0.39, 0.29) is 18.1 Å². The van der Waals surface area contributed by atoms with Gasteiger partial charge in [-0.05, 0) is 39.8 Å². The molecule has 0 unspecified atom stereocenters. The minimum atomic E-state index is -0.471. The second kappa shape index (κ2) is 9.96. The van der Waals surface area contributed by atoms with Crippen LogP contribution in [0.15, 0.2) is 48.8 Å². The number of hydrogen-bond donors (Lipinski definition) is 3. The van der Waals surface area contributed by atoms with Gasteiger partial charge in [-0.15, -0.1) is 0 Å². The number of carbonyl (C=O) groups excluding carboxylic acids is 1. The van der Waals surface area contributed by atoms with Crippen LogP contribution in [0.25, 0.3) is 22.3 Å². The van der Waals surface area contributed by atoms with E-state index in [2.05, 4.69) is 25.8 Å². The van der Waals surface area contributed by atoms with Crippen molar-refractivity contribution < 1.29 is 18.7 Å². The number of nitrogens with zero attached hydrogens (tertiary/aromatic N) is 3. The highest BCUT2D eigenvalue weighted by molar-refractivity contribution is 5.97. The summed E-state index contributed by atoms with van der Waals surface area (Å²) in [5, 5.41) is 13.3. The van der Waals surface area contributed by atoms with Gasteiger partial charge in [-0.3, -0.25) is 9.89 Å². The Hall–Kier alpha value is -4.21. The van der Waals surface area contributed by atoms with E-state index in [1.165, 1.54) is 12.1 Å². The minimum absolute atomic E-state index is 0.129. The molecule has 3 N–H and O–H groups in total. The lowest BCUT2D eigenvalue weighted by Gasteiger charge is -2.20. The van der Waals surface area contributed by atoms with Crippen LogP contribution >= 0.6 is 0 Å². The molecule has 9 nitrogen and oxygen atoms in total. The first kappa shape index (κ1) is 23.9. The smallest absolute Gasteiger partial charge is 0.258 e. The Morgan fingerprint density at radius 1 is 1.14 bits per heavy atom. The lowest BCUT2D eigenvalue weighted by molar-refractivity contribution is -0.124. The topological polar surface area (TPSA) is 114 Å². The van der Waals surface area contributed by atoms with Crippen LogP contribution in [-0.4, -0.2) is 44.8 Å². The zero-order valence-electron chi connectivity index (χ0n) is 20.0. The van der Waals surface area contributed by atoms with Crippen molar-refractivity contribution in [2.24, 2.45) is 0 Å². The van der Waals surface area contributed by atoms with Gasteiger partial charge in [0.05, 0.1) is 29.4 Å². The maximum Gasteiger partial charge on any atom is 0.258 e. The monoisotopic (exact) mass is 478 g/mol. The number of H-pyrrole nitrogens is 1. The van der Waals surface area contributed by atoms with Crippen molar-refractivity contribution >= 4 is 28.3 Å². The van der Waals surface area contributed by atoms with Crippen LogP contribution in [-0.2, 0) is 4.79 Å². The molecule has 4 aromatic rings. The Balaban J connectivity index is 1.71. The van der Waals surface area contributed by atoms with E-state index in [1.807, 2.05) is 33.8 Å². The Labute approximate surface area is 202 Å². The van der Waals surface area contributed by atoms with Gasteiger partial charge in [-0.25, -0.2) is 14.4 Å². The molecule has 10 heteroatoms. The second-order valence-electron chi connectivity index (χ2n) is 8.85. The second-order valence-corrected chi connectivity index (χ2v) is 8.85. The quantitative estimate of drug-likeness (QED) is 0.339. The molecule has 2 heterocycles. The summed E-state index contributed by atoms with van der Waals surface area (Å²) in [7, 11) is 0. The van der Waals surface area contributed by atoms with Crippen LogP contribution in [0, 0.1) is 5.82 Å². The highest BCUT2D eigenvalue weighted by Crippen LogP contribution is 2.35. The van der Waals surface area contributed by atoms with Crippen molar-refractivity contribution in [3.8, 4) is 22.9 Å². The number of carbonyl (C=O) groups is 1. The van der Waals surface area contributed by atoms with Crippen LogP contribution in [0.5, 0.6) is 11.5 Å². The van der Waals surface area contributed by atoms with Crippen molar-refractivity contribution in [2.75, 3.05) is 18.5 Å². The minimum Gasteiger partial charge on any atom is -0.493 e. The van der Waals surface area contributed by atoms with Crippen molar-refractivity contribution in [1.82, 2.24) is 25.5 Å². The molecule has 0 aliphatic rings. The fraction of sp³-hybridized carbons (Fsp3) is 0.280. The Morgan fingerprint density at radius 2 is 1.97 bits per heavy atom. The number of rotatable bonds is 8. The summed E-state index contributed by atoms with van der Waals surface area (Å²) in [6.45, 7) is 7.75. The van der Waals surface area contributed by atoms with E-state index in [1.54, 1.807) is 30.6 Å². The molecule has 0 aliphatic carbocycles. The van der Waals surface area contributed by atoms with E-state index in [0.717, 1.165) is 0 Å². The number of ether oxygens (including phenoxy) is 2. The normalized spacial score (nSPS) is 11.3. The number of hydrogen-bond acceptors (Lipinski definition) is 7. The van der Waals surface area contributed by atoms with Gasteiger partial charge in [0.15, 0.2) is 12.4 Å². The zero-order valence-corrected chi connectivity index (χ0v) is 20.0. The molecule has 2 aromatic heterocycles. The summed E-state index contributed by atoms with van der Waals surface area (Å²) in [6.07, 6.45) is 3.28. The molecule has 0 bridgehead atoms. The number of fused-ring (bicyclic) bond motifs is 1. The van der Waals surface area contributed by atoms with Crippen LogP contribution < -0.4 is 20.1 Å². The number of benzene rings is 2. The number of aromatic amines is 1. The van der Waals surface area contributed by atoms with Gasteiger partial charge in [0.1, 0.15) is 23.1 Å². The number of aromatic nitrogens is 4. The summed E-state index contributed by atoms with van der Waals surface area (Å²) < 4.78 is 25.7. The van der Waals surface area contributed by atoms with Gasteiger partial charge in [0, 0.05) is 29.4 Å². The molecule has 182 valence electrons. The summed E-state index contributed by atoms with van der Waals surface area (Å²) >= 11 is 0. The first-order valence-corrected chi connectivity index (χ1v) is 11.2. The average Bonchev–Trinajstić information content (AvgIpc) is 3.29. The van der Waals surface area contributed by atoms with Crippen LogP contribution in [0.2, 0.25) is 0 Å². The zero-order chi connectivity index (χ0) is 25.0. The molecular formula is C25H27FN6O3. The van der Waals surface area contributed by atoms with Crippen molar-refractivity contribution in [3.05, 3.63) is 54.6 Å². The number of anilines is 2. The van der Waals surface area contributed by atoms with Gasteiger partial charge in [-0.1, -0.05) is 12.1 Å². The first-order chi connectivity index (χ1) is 16.7. The van der Waals surface area contributed by atoms with Crippen LogP contribution in [0.4, 0.5) is 15.9 Å². The standard InChI is InChI=1S/C25H27FN6O3/c1-5-34-20-11-16(26)10-19-22(20)24(29-17-12-27-28-13-17)31-23(30-19)15-7-6-8-18(9-15)35-14-21(33)32-25(2,3)4/h6-13H,5,14H2,1-4H3,(H,27,28)(H,32,33)(H,29,30,31). The molecule has 0 saturated heterocycles. The molecule has 0 aliphatic heterocycles. The van der Waals surface area contributed by atoms with Gasteiger partial charge in [0.25, 0.3) is 5.91 Å². The fourth-order valence-corrected chi connectivity index (χ4v) is 3.47. The predicted octanol–water partition coefficient (Wildman–Crippen LogP) is 4.59. The molecule has 4 rings (SSSR count). The third-order valence-electron chi connectivity index (χ3n) is 4.76. The number of nitrogens with one attached hydrogen (secondary N) is 3. The number of amides is 1. The van der Waals surface area contributed by atoms with Gasteiger partial charge < -0.3 is 20.1 Å². The van der Waals surface area contributed by atoms with Crippen molar-refractivity contribution in [1.29, 1.82) is 0 Å². The molecule has 0 fully saturated rings. The molecule has 2 aromatic carbocycles. The molecule has 0 spiro atoms. The molecule has 0 radical (unpaired) electrons. The molecular weight excluding hydrogens is 451 g/mol. The average molecular weight is 479 g/mol. The predicted molar refractivity (Wildman–Crippen MR) is 131 cm³/mol. The van der Waals surface area contributed by atoms with Gasteiger partial charge in [-0.2, -0.15) is 5.10 Å². The Morgan fingerprint density at radius 3 is 2.69 bits per heavy atom. The van der Waals surface area contributed by atoms with Crippen LogP contribution in [0.3, 0.4) is 0 Å². The lowest BCUT2D eigenvalue weighted by atomic mass is 10.1. The SMILES string of the molecule is CCOc1cc(F)cc2nc(-c3cccc(OCC(=O)NC(C)(C)C)c3)nc(Nc3cn[nH]c3)c12. The summed E-state index contributed by atoms with van der Waals surface area (Å²) in [6, 6.07) is 9.71. The maximum absolute atomic E-state index is 14.4. The van der Waals surface area contributed by atoms with E-state index in [0.29, 0.717) is 51.9 Å². The Bertz CT molecular complexity index is 1340. The highest BCUT2D eigenvalue weighted by Gasteiger charge is 2.17. The molecule has 35 heavy (non-hydrogen) atoms. The first-order valence-electron chi connectivity index (χ1n) is 11.2. The summed E-state index contributed by atoms with van der Waals surface area (Å²) in [5.74, 6) is 0.903. The maximum atomic E-state index is 14.4. The van der Waals surface area contributed by atoms with Crippen LogP contribution in [0.1, 0.15) is 27.7 Å². The van der Waals surface area contributed by atoms with E-state index < -0.39 is 5.82 Å². The largest absolute Gasteiger partial charge is 0.493 e. The number of halogens is 1. The highest BCUT2D eigenvalue weighted by atomic mass is 19.1. The van der Waals surface area contributed by atoms with E-state index >= 15 is 0 Å². The molecule has 0 atom stereocenters. The molecule has 0 saturated carbocycles. The van der Waals surface area contributed by atoms with E-state index in [9.17, 15) is 9.18 Å². The van der Waals surface area contributed by atoms with Crippen molar-refractivity contribution in [2.45, 2.75) is 33.2 Å². The van der Waals surface area contributed by atoms with E-state index in [4.69, 9.17) is 14.5 Å².